The van der Waals surface area contributed by atoms with Crippen LogP contribution in [0.2, 0.25) is 0 Å². The maximum Gasteiger partial charge on any atom is 0.119 e. The molecule has 0 atom stereocenters. The van der Waals surface area contributed by atoms with Crippen molar-refractivity contribution in [3.05, 3.63) is 52.6 Å². The molecule has 0 aliphatic carbocycles. The molecule has 0 radical (unpaired) electrons. The largest absolute Gasteiger partial charge is 0.508 e. The molecule has 0 fully saturated rings. The third-order valence-electron chi connectivity index (χ3n) is 4.17. The van der Waals surface area contributed by atoms with E-state index >= 15 is 0 Å². The maximum atomic E-state index is 10.3. The molecule has 0 amide bonds. The molecule has 0 saturated heterocycles. The Labute approximate surface area is 128 Å². The molecular formula is C20H26O. The summed E-state index contributed by atoms with van der Waals surface area (Å²) in [5.74, 6) is 1.11. The van der Waals surface area contributed by atoms with E-state index in [2.05, 4.69) is 65.8 Å². The van der Waals surface area contributed by atoms with E-state index in [-0.39, 0.29) is 0 Å². The Morgan fingerprint density at radius 1 is 0.762 bits per heavy atom. The van der Waals surface area contributed by atoms with Gasteiger partial charge in [0.15, 0.2) is 0 Å². The van der Waals surface area contributed by atoms with Gasteiger partial charge in [-0.25, -0.2) is 0 Å². The number of rotatable bonds is 3. The molecule has 0 aromatic heterocycles. The Bertz CT molecular complexity index is 631. The van der Waals surface area contributed by atoms with Gasteiger partial charge >= 0.3 is 0 Å². The van der Waals surface area contributed by atoms with E-state index in [1.165, 1.54) is 27.8 Å². The highest BCUT2D eigenvalue weighted by Gasteiger charge is 2.20. The van der Waals surface area contributed by atoms with Crippen LogP contribution < -0.4 is 0 Å². The standard InChI is InChI=1S/C20H26O/c1-12(2)18-16(10-11-17(21)19(18)13(3)4)20-14(5)8-7-9-15(20)6/h7-13,21H,1-6H3. The minimum Gasteiger partial charge on any atom is -0.508 e. The molecule has 1 heteroatoms. The van der Waals surface area contributed by atoms with Crippen LogP contribution in [0, 0.1) is 13.8 Å². The highest BCUT2D eigenvalue weighted by Crippen LogP contribution is 2.41. The highest BCUT2D eigenvalue weighted by atomic mass is 16.3. The summed E-state index contributed by atoms with van der Waals surface area (Å²) in [6.45, 7) is 13.0. The minimum absolute atomic E-state index is 0.312. The summed E-state index contributed by atoms with van der Waals surface area (Å²) in [5.41, 5.74) is 7.52. The molecular weight excluding hydrogens is 256 g/mol. The summed E-state index contributed by atoms with van der Waals surface area (Å²) in [5, 5.41) is 10.3. The van der Waals surface area contributed by atoms with Gasteiger partial charge in [-0.3, -0.25) is 0 Å². The first-order chi connectivity index (χ1) is 9.84. The molecule has 2 rings (SSSR count). The molecule has 1 nitrogen and oxygen atoms in total. The lowest BCUT2D eigenvalue weighted by Crippen LogP contribution is -2.03. The number of aromatic hydroxyl groups is 1. The van der Waals surface area contributed by atoms with Crippen LogP contribution in [0.15, 0.2) is 30.3 Å². The van der Waals surface area contributed by atoms with E-state index in [4.69, 9.17) is 0 Å². The van der Waals surface area contributed by atoms with Gasteiger partial charge in [-0.15, -0.1) is 0 Å². The van der Waals surface area contributed by atoms with Crippen molar-refractivity contribution in [2.45, 2.75) is 53.4 Å². The Balaban J connectivity index is 2.85. The van der Waals surface area contributed by atoms with Crippen LogP contribution >= 0.6 is 0 Å². The Morgan fingerprint density at radius 3 is 1.76 bits per heavy atom. The van der Waals surface area contributed by atoms with Crippen LogP contribution in [0.1, 0.15) is 61.8 Å². The van der Waals surface area contributed by atoms with Crippen LogP contribution in [0.4, 0.5) is 0 Å². The van der Waals surface area contributed by atoms with Crippen molar-refractivity contribution in [3.63, 3.8) is 0 Å². The van der Waals surface area contributed by atoms with Crippen LogP contribution in [0.5, 0.6) is 5.75 Å². The van der Waals surface area contributed by atoms with Gasteiger partial charge in [-0.05, 0) is 59.6 Å². The molecule has 0 aliphatic heterocycles. The van der Waals surface area contributed by atoms with E-state index in [0.717, 1.165) is 5.56 Å². The van der Waals surface area contributed by atoms with Crippen molar-refractivity contribution < 1.29 is 5.11 Å². The number of hydrogen-bond acceptors (Lipinski definition) is 1. The van der Waals surface area contributed by atoms with Gasteiger partial charge < -0.3 is 5.11 Å². The molecule has 1 N–H and O–H groups in total. The second-order valence-corrected chi connectivity index (χ2v) is 6.54. The summed E-state index contributed by atoms with van der Waals surface area (Å²) in [6.07, 6.45) is 0. The van der Waals surface area contributed by atoms with E-state index in [9.17, 15) is 5.11 Å². The maximum absolute atomic E-state index is 10.3. The zero-order chi connectivity index (χ0) is 15.7. The fraction of sp³-hybridized carbons (Fsp3) is 0.400. The van der Waals surface area contributed by atoms with Crippen molar-refractivity contribution in [2.24, 2.45) is 0 Å². The fourth-order valence-corrected chi connectivity index (χ4v) is 3.31. The number of hydrogen-bond donors (Lipinski definition) is 1. The van der Waals surface area contributed by atoms with Gasteiger partial charge in [0.05, 0.1) is 0 Å². The smallest absolute Gasteiger partial charge is 0.119 e. The Kier molecular flexibility index (Phi) is 4.41. The van der Waals surface area contributed by atoms with Gasteiger partial charge in [0.25, 0.3) is 0 Å². The normalized spacial score (nSPS) is 11.4. The zero-order valence-corrected chi connectivity index (χ0v) is 14.0. The van der Waals surface area contributed by atoms with Gasteiger partial charge in [0.1, 0.15) is 5.75 Å². The number of phenolic OH excluding ortho intramolecular Hbond substituents is 1. The molecule has 21 heavy (non-hydrogen) atoms. The summed E-state index contributed by atoms with van der Waals surface area (Å²) in [7, 11) is 0. The molecule has 0 heterocycles. The zero-order valence-electron chi connectivity index (χ0n) is 14.0. The molecule has 0 saturated carbocycles. The van der Waals surface area contributed by atoms with Crippen LogP contribution in [0.3, 0.4) is 0 Å². The summed E-state index contributed by atoms with van der Waals surface area (Å²) < 4.78 is 0. The monoisotopic (exact) mass is 282 g/mol. The molecule has 0 unspecified atom stereocenters. The quantitative estimate of drug-likeness (QED) is 0.740. The summed E-state index contributed by atoms with van der Waals surface area (Å²) >= 11 is 0. The number of benzene rings is 2. The van der Waals surface area contributed by atoms with Crippen molar-refractivity contribution in [1.82, 2.24) is 0 Å². The van der Waals surface area contributed by atoms with E-state index in [1.807, 2.05) is 6.07 Å². The van der Waals surface area contributed by atoms with E-state index in [0.29, 0.717) is 17.6 Å². The second-order valence-electron chi connectivity index (χ2n) is 6.54. The second kappa shape index (κ2) is 5.93. The lowest BCUT2D eigenvalue weighted by molar-refractivity contribution is 0.463. The third-order valence-corrected chi connectivity index (χ3v) is 4.17. The van der Waals surface area contributed by atoms with E-state index < -0.39 is 0 Å². The molecule has 0 spiro atoms. The number of aryl methyl sites for hydroxylation is 2. The molecule has 2 aromatic rings. The predicted octanol–water partition coefficient (Wildman–Crippen LogP) is 5.92. The first-order valence-corrected chi connectivity index (χ1v) is 7.77. The topological polar surface area (TPSA) is 20.2 Å². The van der Waals surface area contributed by atoms with Crippen molar-refractivity contribution in [1.29, 1.82) is 0 Å². The van der Waals surface area contributed by atoms with Crippen molar-refractivity contribution >= 4 is 0 Å². The van der Waals surface area contributed by atoms with Crippen molar-refractivity contribution in [3.8, 4) is 16.9 Å². The lowest BCUT2D eigenvalue weighted by Gasteiger charge is -2.23. The molecule has 0 bridgehead atoms. The predicted molar refractivity (Wildman–Crippen MR) is 91.2 cm³/mol. The van der Waals surface area contributed by atoms with E-state index in [1.54, 1.807) is 0 Å². The first-order valence-electron chi connectivity index (χ1n) is 7.77. The average Bonchev–Trinajstić information content (AvgIpc) is 2.38. The van der Waals surface area contributed by atoms with Gasteiger partial charge in [-0.1, -0.05) is 52.0 Å². The van der Waals surface area contributed by atoms with Crippen LogP contribution in [-0.2, 0) is 0 Å². The fourth-order valence-electron chi connectivity index (χ4n) is 3.31. The lowest BCUT2D eigenvalue weighted by atomic mass is 9.82. The van der Waals surface area contributed by atoms with Crippen LogP contribution in [0.25, 0.3) is 11.1 Å². The van der Waals surface area contributed by atoms with Crippen molar-refractivity contribution in [2.75, 3.05) is 0 Å². The minimum atomic E-state index is 0.312. The number of phenols is 1. The van der Waals surface area contributed by atoms with Crippen LogP contribution in [-0.4, -0.2) is 5.11 Å². The van der Waals surface area contributed by atoms with Gasteiger partial charge in [0, 0.05) is 5.56 Å². The highest BCUT2D eigenvalue weighted by molar-refractivity contribution is 5.76. The van der Waals surface area contributed by atoms with Gasteiger partial charge in [-0.2, -0.15) is 0 Å². The summed E-state index contributed by atoms with van der Waals surface area (Å²) in [4.78, 5) is 0. The SMILES string of the molecule is Cc1cccc(C)c1-c1ccc(O)c(C(C)C)c1C(C)C. The summed E-state index contributed by atoms with van der Waals surface area (Å²) in [6, 6.07) is 10.4. The Hall–Kier alpha value is -1.76. The first kappa shape index (κ1) is 15.6. The molecule has 112 valence electrons. The molecule has 2 aromatic carbocycles. The molecule has 0 aliphatic rings. The van der Waals surface area contributed by atoms with Gasteiger partial charge in [0.2, 0.25) is 0 Å². The third kappa shape index (κ3) is 2.83. The average molecular weight is 282 g/mol. The Morgan fingerprint density at radius 2 is 1.29 bits per heavy atom.